The molecule has 1 heterocycles. The highest BCUT2D eigenvalue weighted by Gasteiger charge is 2.18. The molecule has 0 fully saturated rings. The zero-order valence-electron chi connectivity index (χ0n) is 14.1. The van der Waals surface area contributed by atoms with Gasteiger partial charge in [0, 0.05) is 42.2 Å². The summed E-state index contributed by atoms with van der Waals surface area (Å²) < 4.78 is 12.8. The maximum Gasteiger partial charge on any atom is 0.322 e. The summed E-state index contributed by atoms with van der Waals surface area (Å²) in [6.07, 6.45) is 3.25. The van der Waals surface area contributed by atoms with Crippen LogP contribution in [0.1, 0.15) is 18.5 Å². The summed E-state index contributed by atoms with van der Waals surface area (Å²) >= 11 is 0. The number of amides is 2. The Kier molecular flexibility index (Phi) is 5.56. The molecule has 2 unspecified atom stereocenters. The molecule has 7 heteroatoms. The van der Waals surface area contributed by atoms with Gasteiger partial charge in [0.2, 0.25) is 0 Å². The summed E-state index contributed by atoms with van der Waals surface area (Å²) in [7, 11) is 2.26. The lowest BCUT2D eigenvalue weighted by molar-refractivity contribution is 0.208. The molecule has 0 saturated heterocycles. The van der Waals surface area contributed by atoms with Crippen molar-refractivity contribution in [1.29, 1.82) is 0 Å². The molecule has 0 radical (unpaired) electrons. The van der Waals surface area contributed by atoms with E-state index >= 15 is 0 Å². The van der Waals surface area contributed by atoms with Gasteiger partial charge >= 0.3 is 6.03 Å². The first-order valence-corrected chi connectivity index (χ1v) is 9.00. The quantitative estimate of drug-likeness (QED) is 0.923. The minimum atomic E-state index is -1.03. The molecule has 0 aliphatic carbocycles. The van der Waals surface area contributed by atoms with Crippen molar-refractivity contribution in [2.24, 2.45) is 7.05 Å². The van der Waals surface area contributed by atoms with Crippen LogP contribution in [0.4, 0.5) is 10.5 Å². The van der Waals surface area contributed by atoms with Gasteiger partial charge in [0.15, 0.2) is 0 Å². The van der Waals surface area contributed by atoms with E-state index in [1.165, 1.54) is 9.47 Å². The fraction of sp³-hybridized carbons (Fsp3) is 0.294. The number of hydrogen-bond acceptors (Lipinski definition) is 3. The number of aromatic nitrogens is 1. The highest BCUT2D eigenvalue weighted by molar-refractivity contribution is 7.84. The smallest absolute Gasteiger partial charge is 0.321 e. The Balaban J connectivity index is 2.13. The Hall–Kier alpha value is -2.41. The first kappa shape index (κ1) is 17.9. The molecule has 0 spiro atoms. The number of carbonyl (C=O) groups excluding carboxylic acids is 1. The largest absolute Gasteiger partial charge is 0.322 e. The number of aryl methyl sites for hydroxylation is 1. The molecule has 1 aromatic heterocycles. The molecule has 2 rings (SSSR count). The van der Waals surface area contributed by atoms with E-state index in [4.69, 9.17) is 0 Å². The minimum Gasteiger partial charge on any atom is -0.321 e. The third-order valence-corrected chi connectivity index (χ3v) is 4.90. The van der Waals surface area contributed by atoms with Gasteiger partial charge in [0.05, 0.1) is 6.04 Å². The average Bonchev–Trinajstić information content (AvgIpc) is 2.57. The van der Waals surface area contributed by atoms with E-state index in [0.29, 0.717) is 0 Å². The second kappa shape index (κ2) is 7.44. The molecule has 24 heavy (non-hydrogen) atoms. The van der Waals surface area contributed by atoms with E-state index in [2.05, 4.69) is 5.32 Å². The van der Waals surface area contributed by atoms with E-state index < -0.39 is 10.8 Å². The van der Waals surface area contributed by atoms with Crippen LogP contribution >= 0.6 is 0 Å². The van der Waals surface area contributed by atoms with E-state index in [9.17, 15) is 13.8 Å². The van der Waals surface area contributed by atoms with Gasteiger partial charge in [-0.15, -0.1) is 0 Å². The van der Waals surface area contributed by atoms with Crippen LogP contribution in [0.15, 0.2) is 52.3 Å². The van der Waals surface area contributed by atoms with Gasteiger partial charge in [-0.2, -0.15) is 0 Å². The number of urea groups is 1. The zero-order valence-corrected chi connectivity index (χ0v) is 15.0. The molecule has 0 saturated carbocycles. The van der Waals surface area contributed by atoms with Crippen molar-refractivity contribution < 1.29 is 9.00 Å². The molecular formula is C17H21N3O3S. The van der Waals surface area contributed by atoms with Crippen molar-refractivity contribution in [3.8, 4) is 0 Å². The molecule has 2 atom stereocenters. The Labute approximate surface area is 143 Å². The molecule has 2 aromatic rings. The summed E-state index contributed by atoms with van der Waals surface area (Å²) in [5.74, 6) is 0. The molecule has 1 N–H and O–H groups in total. The molecule has 0 bridgehead atoms. The lowest BCUT2D eigenvalue weighted by Gasteiger charge is -2.25. The van der Waals surface area contributed by atoms with Gasteiger partial charge in [0.25, 0.3) is 5.56 Å². The number of anilines is 1. The topological polar surface area (TPSA) is 71.4 Å². The average molecular weight is 347 g/mol. The van der Waals surface area contributed by atoms with E-state index in [1.54, 1.807) is 50.8 Å². The summed E-state index contributed by atoms with van der Waals surface area (Å²) in [6.45, 7) is 1.89. The molecule has 1 aromatic carbocycles. The number of nitrogens with zero attached hydrogens (tertiary/aromatic N) is 2. The number of hydrogen-bond donors (Lipinski definition) is 1. The van der Waals surface area contributed by atoms with Gasteiger partial charge in [-0.05, 0) is 36.8 Å². The fourth-order valence-electron chi connectivity index (χ4n) is 2.23. The van der Waals surface area contributed by atoms with E-state index in [0.717, 1.165) is 10.5 Å². The summed E-state index contributed by atoms with van der Waals surface area (Å²) in [6, 6.07) is 10.0. The number of pyridine rings is 1. The Morgan fingerprint density at radius 3 is 2.46 bits per heavy atom. The third kappa shape index (κ3) is 3.91. The molecule has 0 aliphatic heterocycles. The lowest BCUT2D eigenvalue weighted by Crippen LogP contribution is -2.35. The van der Waals surface area contributed by atoms with Gasteiger partial charge in [-0.3, -0.25) is 9.00 Å². The maximum absolute atomic E-state index is 12.4. The molecule has 6 nitrogen and oxygen atoms in total. The highest BCUT2D eigenvalue weighted by Crippen LogP contribution is 2.20. The predicted octanol–water partition coefficient (Wildman–Crippen LogP) is 2.35. The number of benzene rings is 1. The SMILES string of the molecule is CC(c1ccc(S(C)=O)cc1)N(C)C(=O)Nc1cccn(C)c1=O. The van der Waals surface area contributed by atoms with E-state index in [-0.39, 0.29) is 23.3 Å². The van der Waals surface area contributed by atoms with Crippen molar-refractivity contribution in [3.63, 3.8) is 0 Å². The summed E-state index contributed by atoms with van der Waals surface area (Å²) in [4.78, 5) is 26.6. The van der Waals surface area contributed by atoms with Gasteiger partial charge in [-0.25, -0.2) is 4.79 Å². The number of carbonyl (C=O) groups is 1. The molecule has 0 aliphatic rings. The van der Waals surface area contributed by atoms with Crippen molar-refractivity contribution in [1.82, 2.24) is 9.47 Å². The number of rotatable bonds is 4. The second-order valence-corrected chi connectivity index (χ2v) is 6.96. The fourth-order valence-corrected chi connectivity index (χ4v) is 2.75. The van der Waals surface area contributed by atoms with Gasteiger partial charge < -0.3 is 14.8 Å². The van der Waals surface area contributed by atoms with Crippen LogP contribution in [0.2, 0.25) is 0 Å². The Morgan fingerprint density at radius 2 is 1.88 bits per heavy atom. The Bertz CT molecular complexity index is 815. The van der Waals surface area contributed by atoms with Gasteiger partial charge in [-0.1, -0.05) is 12.1 Å². The number of nitrogens with one attached hydrogen (secondary N) is 1. The first-order valence-electron chi connectivity index (χ1n) is 7.44. The van der Waals surface area contributed by atoms with Crippen molar-refractivity contribution in [3.05, 3.63) is 58.5 Å². The summed E-state index contributed by atoms with van der Waals surface area (Å²) in [5.41, 5.74) is 0.894. The monoisotopic (exact) mass is 347 g/mol. The second-order valence-electron chi connectivity index (χ2n) is 5.58. The van der Waals surface area contributed by atoms with Crippen LogP contribution in [0.3, 0.4) is 0 Å². The van der Waals surface area contributed by atoms with Crippen LogP contribution in [0, 0.1) is 0 Å². The third-order valence-electron chi connectivity index (χ3n) is 3.96. The van der Waals surface area contributed by atoms with Crippen LogP contribution in [0.25, 0.3) is 0 Å². The first-order chi connectivity index (χ1) is 11.3. The Morgan fingerprint density at radius 1 is 1.25 bits per heavy atom. The van der Waals surface area contributed by atoms with Crippen molar-refractivity contribution in [2.45, 2.75) is 17.9 Å². The van der Waals surface area contributed by atoms with Crippen molar-refractivity contribution in [2.75, 3.05) is 18.6 Å². The lowest BCUT2D eigenvalue weighted by atomic mass is 10.1. The highest BCUT2D eigenvalue weighted by atomic mass is 32.2. The summed E-state index contributed by atoms with van der Waals surface area (Å²) in [5, 5.41) is 2.64. The molecular weight excluding hydrogens is 326 g/mol. The van der Waals surface area contributed by atoms with Crippen LogP contribution in [-0.2, 0) is 17.8 Å². The maximum atomic E-state index is 12.4. The molecule has 2 amide bonds. The molecule has 128 valence electrons. The standard InChI is InChI=1S/C17H21N3O3S/c1-12(13-7-9-14(10-8-13)24(4)23)20(3)17(22)18-15-6-5-11-19(2)16(15)21/h5-12H,1-4H3,(H,18,22). The van der Waals surface area contributed by atoms with Crippen LogP contribution < -0.4 is 10.9 Å². The van der Waals surface area contributed by atoms with Crippen LogP contribution in [-0.4, -0.2) is 33.0 Å². The predicted molar refractivity (Wildman–Crippen MR) is 95.7 cm³/mol. The van der Waals surface area contributed by atoms with Crippen LogP contribution in [0.5, 0.6) is 0 Å². The van der Waals surface area contributed by atoms with E-state index in [1.807, 2.05) is 19.1 Å². The zero-order chi connectivity index (χ0) is 17.9. The van der Waals surface area contributed by atoms with Gasteiger partial charge in [0.1, 0.15) is 5.69 Å². The normalized spacial score (nSPS) is 13.2. The van der Waals surface area contributed by atoms with Crippen molar-refractivity contribution >= 4 is 22.5 Å². The minimum absolute atomic E-state index is 0.197.